The average molecular weight is 362 g/mol. The molecule has 21 heavy (non-hydrogen) atoms. The number of halogens is 2. The number of carboxylic acid groups (broad SMARTS) is 1. The molecule has 0 radical (unpaired) electrons. The van der Waals surface area contributed by atoms with Crippen LogP contribution in [0.1, 0.15) is 13.8 Å². The van der Waals surface area contributed by atoms with Crippen molar-refractivity contribution in [2.45, 2.75) is 13.8 Å². The number of aliphatic carboxylic acids is 1. The Labute approximate surface area is 130 Å². The molecule has 1 atom stereocenters. The Morgan fingerprint density at radius 2 is 2.14 bits per heavy atom. The Balaban J connectivity index is 2.60. The van der Waals surface area contributed by atoms with E-state index in [9.17, 15) is 14.0 Å². The van der Waals surface area contributed by atoms with E-state index in [4.69, 9.17) is 9.84 Å². The van der Waals surface area contributed by atoms with Crippen LogP contribution >= 0.6 is 15.9 Å². The fraction of sp³-hybridized carbons (Fsp3) is 0.429. The van der Waals surface area contributed by atoms with Gasteiger partial charge in [-0.3, -0.25) is 9.59 Å². The predicted molar refractivity (Wildman–Crippen MR) is 78.6 cm³/mol. The van der Waals surface area contributed by atoms with E-state index in [1.54, 1.807) is 6.92 Å². The van der Waals surface area contributed by atoms with Crippen molar-refractivity contribution in [3.8, 4) is 5.75 Å². The molecule has 1 aromatic carbocycles. The van der Waals surface area contributed by atoms with Gasteiger partial charge in [0.15, 0.2) is 6.61 Å². The molecule has 0 bridgehead atoms. The number of hydrogen-bond acceptors (Lipinski definition) is 3. The molecule has 0 aromatic heterocycles. The average Bonchev–Trinajstić information content (AvgIpc) is 2.43. The minimum atomic E-state index is -0.955. The Morgan fingerprint density at radius 3 is 2.67 bits per heavy atom. The highest BCUT2D eigenvalue weighted by atomic mass is 79.9. The molecule has 116 valence electrons. The molecule has 1 rings (SSSR count). The van der Waals surface area contributed by atoms with E-state index in [1.807, 2.05) is 0 Å². The number of likely N-dealkylation sites (N-methyl/N-ethyl adjacent to an activating group) is 1. The quantitative estimate of drug-likeness (QED) is 0.810. The summed E-state index contributed by atoms with van der Waals surface area (Å²) in [6.45, 7) is 3.59. The molecule has 1 amide bonds. The lowest BCUT2D eigenvalue weighted by Gasteiger charge is -2.23. The van der Waals surface area contributed by atoms with Gasteiger partial charge in [0.05, 0.1) is 10.4 Å². The zero-order chi connectivity index (χ0) is 16.0. The zero-order valence-electron chi connectivity index (χ0n) is 11.8. The molecule has 0 aliphatic heterocycles. The number of carbonyl (C=O) groups excluding carboxylic acids is 1. The van der Waals surface area contributed by atoms with Crippen LogP contribution < -0.4 is 4.74 Å². The van der Waals surface area contributed by atoms with Crippen LogP contribution in [0.5, 0.6) is 5.75 Å². The standard InChI is InChI=1S/C14H17BrFNO4/c1-3-17(7-9(2)14(19)20)13(18)8-21-12-5-4-10(16)6-11(12)15/h4-6,9H,3,7-8H2,1-2H3,(H,19,20). The van der Waals surface area contributed by atoms with Gasteiger partial charge in [-0.15, -0.1) is 0 Å². The summed E-state index contributed by atoms with van der Waals surface area (Å²) in [5.41, 5.74) is 0. The number of carboxylic acids is 1. The predicted octanol–water partition coefficient (Wildman–Crippen LogP) is 2.54. The van der Waals surface area contributed by atoms with Gasteiger partial charge in [0.25, 0.3) is 5.91 Å². The van der Waals surface area contributed by atoms with Crippen molar-refractivity contribution in [2.24, 2.45) is 5.92 Å². The molecule has 0 saturated heterocycles. The minimum Gasteiger partial charge on any atom is -0.483 e. The maximum atomic E-state index is 12.9. The third-order valence-electron chi connectivity index (χ3n) is 2.90. The van der Waals surface area contributed by atoms with Crippen molar-refractivity contribution in [1.29, 1.82) is 0 Å². The SMILES string of the molecule is CCN(CC(C)C(=O)O)C(=O)COc1ccc(F)cc1Br. The summed E-state index contributed by atoms with van der Waals surface area (Å²) >= 11 is 3.14. The molecular weight excluding hydrogens is 345 g/mol. The number of hydrogen-bond donors (Lipinski definition) is 1. The molecule has 0 saturated carbocycles. The van der Waals surface area contributed by atoms with E-state index in [1.165, 1.54) is 30.0 Å². The monoisotopic (exact) mass is 361 g/mol. The van der Waals surface area contributed by atoms with Gasteiger partial charge in [-0.2, -0.15) is 0 Å². The van der Waals surface area contributed by atoms with Gasteiger partial charge in [-0.25, -0.2) is 4.39 Å². The fourth-order valence-corrected chi connectivity index (χ4v) is 2.10. The summed E-state index contributed by atoms with van der Waals surface area (Å²) in [7, 11) is 0. The second-order valence-corrected chi connectivity index (χ2v) is 5.39. The fourth-order valence-electron chi connectivity index (χ4n) is 1.64. The second-order valence-electron chi connectivity index (χ2n) is 4.54. The maximum Gasteiger partial charge on any atom is 0.308 e. The van der Waals surface area contributed by atoms with Crippen LogP contribution in [0.25, 0.3) is 0 Å². The summed E-state index contributed by atoms with van der Waals surface area (Å²) in [4.78, 5) is 24.2. The van der Waals surface area contributed by atoms with E-state index < -0.39 is 17.7 Å². The highest BCUT2D eigenvalue weighted by Gasteiger charge is 2.19. The number of ether oxygens (including phenoxy) is 1. The van der Waals surface area contributed by atoms with Crippen molar-refractivity contribution in [3.63, 3.8) is 0 Å². The lowest BCUT2D eigenvalue weighted by molar-refractivity contribution is -0.143. The van der Waals surface area contributed by atoms with Crippen LogP contribution in [0.15, 0.2) is 22.7 Å². The van der Waals surface area contributed by atoms with E-state index in [0.717, 1.165) is 0 Å². The summed E-state index contributed by atoms with van der Waals surface area (Å²) in [6, 6.07) is 3.89. The van der Waals surface area contributed by atoms with Gasteiger partial charge in [0.2, 0.25) is 0 Å². The normalized spacial score (nSPS) is 11.8. The maximum absolute atomic E-state index is 12.9. The Morgan fingerprint density at radius 1 is 1.48 bits per heavy atom. The number of rotatable bonds is 7. The summed E-state index contributed by atoms with van der Waals surface area (Å²) in [5, 5.41) is 8.87. The lowest BCUT2D eigenvalue weighted by atomic mass is 10.1. The lowest BCUT2D eigenvalue weighted by Crippen LogP contribution is -2.39. The Bertz CT molecular complexity index is 524. The first-order valence-corrected chi connectivity index (χ1v) is 7.22. The second kappa shape index (κ2) is 7.97. The highest BCUT2D eigenvalue weighted by Crippen LogP contribution is 2.25. The van der Waals surface area contributed by atoms with Crippen LogP contribution in [0.2, 0.25) is 0 Å². The molecule has 0 heterocycles. The molecule has 0 aliphatic rings. The van der Waals surface area contributed by atoms with Gasteiger partial charge >= 0.3 is 5.97 Å². The third-order valence-corrected chi connectivity index (χ3v) is 3.52. The van der Waals surface area contributed by atoms with Crippen molar-refractivity contribution in [2.75, 3.05) is 19.7 Å². The molecular formula is C14H17BrFNO4. The summed E-state index contributed by atoms with van der Waals surface area (Å²) in [6.07, 6.45) is 0. The largest absolute Gasteiger partial charge is 0.483 e. The minimum absolute atomic E-state index is 0.124. The van der Waals surface area contributed by atoms with Crippen LogP contribution in [0, 0.1) is 11.7 Å². The molecule has 0 fully saturated rings. The van der Waals surface area contributed by atoms with Crippen LogP contribution in [-0.2, 0) is 9.59 Å². The van der Waals surface area contributed by atoms with Crippen LogP contribution in [0.3, 0.4) is 0 Å². The third kappa shape index (κ3) is 5.34. The first kappa shape index (κ1) is 17.4. The molecule has 1 N–H and O–H groups in total. The summed E-state index contributed by atoms with van der Waals surface area (Å²) < 4.78 is 18.7. The van der Waals surface area contributed by atoms with E-state index in [2.05, 4.69) is 15.9 Å². The Kier molecular flexibility index (Phi) is 6.61. The first-order valence-electron chi connectivity index (χ1n) is 6.43. The molecule has 0 aliphatic carbocycles. The molecule has 0 spiro atoms. The topological polar surface area (TPSA) is 66.8 Å². The molecule has 1 unspecified atom stereocenters. The summed E-state index contributed by atoms with van der Waals surface area (Å²) in [5.74, 6) is -1.98. The Hall–Kier alpha value is -1.63. The van der Waals surface area contributed by atoms with E-state index >= 15 is 0 Å². The first-order chi connectivity index (χ1) is 9.85. The van der Waals surface area contributed by atoms with Gasteiger partial charge in [-0.1, -0.05) is 6.92 Å². The number of carbonyl (C=O) groups is 2. The number of amides is 1. The molecule has 7 heteroatoms. The van der Waals surface area contributed by atoms with Gasteiger partial charge < -0.3 is 14.7 Å². The van der Waals surface area contributed by atoms with Crippen LogP contribution in [-0.4, -0.2) is 41.6 Å². The zero-order valence-corrected chi connectivity index (χ0v) is 13.4. The van der Waals surface area contributed by atoms with Crippen molar-refractivity contribution in [3.05, 3.63) is 28.5 Å². The van der Waals surface area contributed by atoms with Crippen molar-refractivity contribution >= 4 is 27.8 Å². The van der Waals surface area contributed by atoms with Crippen molar-refractivity contribution in [1.82, 2.24) is 4.90 Å². The molecule has 5 nitrogen and oxygen atoms in total. The van der Waals surface area contributed by atoms with E-state index in [0.29, 0.717) is 16.8 Å². The van der Waals surface area contributed by atoms with Gasteiger partial charge in [-0.05, 0) is 41.1 Å². The van der Waals surface area contributed by atoms with Crippen LogP contribution in [0.4, 0.5) is 4.39 Å². The number of benzene rings is 1. The van der Waals surface area contributed by atoms with Gasteiger partial charge in [0, 0.05) is 13.1 Å². The number of nitrogens with zero attached hydrogens (tertiary/aromatic N) is 1. The highest BCUT2D eigenvalue weighted by molar-refractivity contribution is 9.10. The van der Waals surface area contributed by atoms with Gasteiger partial charge in [0.1, 0.15) is 11.6 Å². The van der Waals surface area contributed by atoms with Crippen molar-refractivity contribution < 1.29 is 23.8 Å². The van der Waals surface area contributed by atoms with E-state index in [-0.39, 0.29) is 19.1 Å². The molecule has 1 aromatic rings. The smallest absolute Gasteiger partial charge is 0.308 e.